The summed E-state index contributed by atoms with van der Waals surface area (Å²) in [4.78, 5) is 23.0. The number of carboxylic acid groups (broad SMARTS) is 1. The van der Waals surface area contributed by atoms with Gasteiger partial charge in [0, 0.05) is 13.1 Å². The largest absolute Gasteiger partial charge is 0.480 e. The van der Waals surface area contributed by atoms with Crippen LogP contribution >= 0.6 is 0 Å². The Morgan fingerprint density at radius 1 is 1.40 bits per heavy atom. The third-order valence-corrected chi connectivity index (χ3v) is 2.20. The molecule has 1 amide bonds. The van der Waals surface area contributed by atoms with Crippen LogP contribution in [-0.4, -0.2) is 59.4 Å². The highest BCUT2D eigenvalue weighted by molar-refractivity contribution is 5.78. The number of amides is 1. The van der Waals surface area contributed by atoms with Crippen molar-refractivity contribution in [3.8, 4) is 0 Å². The molecule has 0 aromatic rings. The third kappa shape index (κ3) is 4.26. The van der Waals surface area contributed by atoms with Gasteiger partial charge in [-0.2, -0.15) is 0 Å². The van der Waals surface area contributed by atoms with Crippen molar-refractivity contribution in [2.24, 2.45) is 0 Å². The lowest BCUT2D eigenvalue weighted by molar-refractivity contribution is -0.147. The maximum Gasteiger partial charge on any atom is 0.329 e. The van der Waals surface area contributed by atoms with E-state index in [2.05, 4.69) is 4.74 Å². The number of ether oxygens (including phenoxy) is 1. The van der Waals surface area contributed by atoms with Gasteiger partial charge in [-0.05, 0) is 12.8 Å². The average molecular weight is 217 g/mol. The van der Waals surface area contributed by atoms with Crippen LogP contribution < -0.4 is 0 Å². The Hall–Kier alpha value is -1.14. The second-order valence-electron chi connectivity index (χ2n) is 3.52. The maximum absolute atomic E-state index is 11.4. The van der Waals surface area contributed by atoms with E-state index in [0.29, 0.717) is 19.5 Å². The van der Waals surface area contributed by atoms with E-state index in [4.69, 9.17) is 5.11 Å². The summed E-state index contributed by atoms with van der Waals surface area (Å²) in [7, 11) is 0. The van der Waals surface area contributed by atoms with Gasteiger partial charge in [-0.3, -0.25) is 4.79 Å². The molecule has 1 saturated heterocycles. The van der Waals surface area contributed by atoms with Crippen molar-refractivity contribution in [1.82, 2.24) is 4.90 Å². The van der Waals surface area contributed by atoms with Crippen LogP contribution in [0.2, 0.25) is 0 Å². The minimum Gasteiger partial charge on any atom is -0.480 e. The SMILES string of the molecule is O=C(O)COCC(=O)N1CCCC(O)C1. The number of likely N-dealkylation sites (tertiary alicyclic amines) is 1. The number of hydrogen-bond acceptors (Lipinski definition) is 4. The van der Waals surface area contributed by atoms with Gasteiger partial charge >= 0.3 is 5.97 Å². The summed E-state index contributed by atoms with van der Waals surface area (Å²) in [6, 6.07) is 0. The molecular formula is C9H15NO5. The topological polar surface area (TPSA) is 87.1 Å². The third-order valence-electron chi connectivity index (χ3n) is 2.20. The summed E-state index contributed by atoms with van der Waals surface area (Å²) in [5.41, 5.74) is 0. The summed E-state index contributed by atoms with van der Waals surface area (Å²) in [6.45, 7) is 0.211. The molecule has 1 fully saturated rings. The number of nitrogens with zero attached hydrogens (tertiary/aromatic N) is 1. The number of aliphatic carboxylic acids is 1. The first-order valence-electron chi connectivity index (χ1n) is 4.85. The van der Waals surface area contributed by atoms with Gasteiger partial charge < -0.3 is 19.8 Å². The molecule has 0 radical (unpaired) electrons. The number of rotatable bonds is 4. The van der Waals surface area contributed by atoms with Crippen molar-refractivity contribution >= 4 is 11.9 Å². The standard InChI is InChI=1S/C9H15NO5/c11-7-2-1-3-10(4-7)8(12)5-15-6-9(13)14/h7,11H,1-6H2,(H,13,14). The molecule has 0 aromatic heterocycles. The first kappa shape index (κ1) is 11.9. The van der Waals surface area contributed by atoms with Crippen LogP contribution in [0.4, 0.5) is 0 Å². The van der Waals surface area contributed by atoms with E-state index >= 15 is 0 Å². The second kappa shape index (κ2) is 5.67. The summed E-state index contributed by atoms with van der Waals surface area (Å²) >= 11 is 0. The van der Waals surface area contributed by atoms with Crippen molar-refractivity contribution in [3.05, 3.63) is 0 Å². The van der Waals surface area contributed by atoms with Gasteiger partial charge in [-0.1, -0.05) is 0 Å². The predicted octanol–water partition coefficient (Wildman–Crippen LogP) is -0.929. The van der Waals surface area contributed by atoms with Crippen LogP contribution in [0.25, 0.3) is 0 Å². The van der Waals surface area contributed by atoms with Crippen LogP contribution in [0.1, 0.15) is 12.8 Å². The van der Waals surface area contributed by atoms with Crippen molar-refractivity contribution < 1.29 is 24.5 Å². The van der Waals surface area contributed by atoms with Gasteiger partial charge in [0.05, 0.1) is 6.10 Å². The van der Waals surface area contributed by atoms with E-state index in [1.807, 2.05) is 0 Å². The number of hydrogen-bond donors (Lipinski definition) is 2. The highest BCUT2D eigenvalue weighted by atomic mass is 16.5. The van der Waals surface area contributed by atoms with E-state index in [1.165, 1.54) is 4.90 Å². The first-order chi connectivity index (χ1) is 7.09. The number of aliphatic hydroxyl groups is 1. The molecule has 0 bridgehead atoms. The van der Waals surface area contributed by atoms with E-state index in [0.717, 1.165) is 6.42 Å². The molecule has 1 rings (SSSR count). The van der Waals surface area contributed by atoms with E-state index < -0.39 is 18.7 Å². The minimum absolute atomic E-state index is 0.237. The molecule has 86 valence electrons. The highest BCUT2D eigenvalue weighted by Crippen LogP contribution is 2.09. The second-order valence-corrected chi connectivity index (χ2v) is 3.52. The molecule has 1 aliphatic rings. The fourth-order valence-electron chi connectivity index (χ4n) is 1.50. The molecule has 1 atom stereocenters. The predicted molar refractivity (Wildman–Crippen MR) is 50.3 cm³/mol. The molecular weight excluding hydrogens is 202 g/mol. The fraction of sp³-hybridized carbons (Fsp3) is 0.778. The fourth-order valence-corrected chi connectivity index (χ4v) is 1.50. The van der Waals surface area contributed by atoms with Crippen molar-refractivity contribution in [3.63, 3.8) is 0 Å². The van der Waals surface area contributed by atoms with Crippen LogP contribution in [0, 0.1) is 0 Å². The Bertz CT molecular complexity index is 243. The summed E-state index contributed by atoms with van der Waals surface area (Å²) < 4.78 is 4.67. The normalized spacial score (nSPS) is 21.4. The lowest BCUT2D eigenvalue weighted by atomic mass is 10.1. The maximum atomic E-state index is 11.4. The molecule has 1 aliphatic heterocycles. The highest BCUT2D eigenvalue weighted by Gasteiger charge is 2.21. The Kier molecular flexibility index (Phi) is 4.51. The number of piperidine rings is 1. The molecule has 6 heteroatoms. The Morgan fingerprint density at radius 2 is 2.13 bits per heavy atom. The lowest BCUT2D eigenvalue weighted by Crippen LogP contribution is -2.43. The van der Waals surface area contributed by atoms with Gasteiger partial charge in [0.1, 0.15) is 13.2 Å². The molecule has 6 nitrogen and oxygen atoms in total. The van der Waals surface area contributed by atoms with Crippen LogP contribution in [-0.2, 0) is 14.3 Å². The van der Waals surface area contributed by atoms with Gasteiger partial charge in [0.2, 0.25) is 5.91 Å². The average Bonchev–Trinajstić information content (AvgIpc) is 2.17. The van der Waals surface area contributed by atoms with Crippen molar-refractivity contribution in [1.29, 1.82) is 0 Å². The Morgan fingerprint density at radius 3 is 2.73 bits per heavy atom. The van der Waals surface area contributed by atoms with Crippen LogP contribution in [0.15, 0.2) is 0 Å². The Labute approximate surface area is 87.4 Å². The Balaban J connectivity index is 2.24. The van der Waals surface area contributed by atoms with Gasteiger partial charge in [0.25, 0.3) is 0 Å². The van der Waals surface area contributed by atoms with Crippen LogP contribution in [0.5, 0.6) is 0 Å². The summed E-state index contributed by atoms with van der Waals surface area (Å²) in [6.07, 6.45) is 1.01. The van der Waals surface area contributed by atoms with Crippen molar-refractivity contribution in [2.45, 2.75) is 18.9 Å². The van der Waals surface area contributed by atoms with Gasteiger partial charge in [-0.15, -0.1) is 0 Å². The molecule has 15 heavy (non-hydrogen) atoms. The molecule has 1 unspecified atom stereocenters. The zero-order valence-corrected chi connectivity index (χ0v) is 8.39. The zero-order valence-electron chi connectivity index (χ0n) is 8.39. The zero-order chi connectivity index (χ0) is 11.3. The lowest BCUT2D eigenvalue weighted by Gasteiger charge is -2.29. The minimum atomic E-state index is -1.10. The van der Waals surface area contributed by atoms with Gasteiger partial charge in [-0.25, -0.2) is 4.79 Å². The van der Waals surface area contributed by atoms with Crippen LogP contribution in [0.3, 0.4) is 0 Å². The van der Waals surface area contributed by atoms with Crippen molar-refractivity contribution in [2.75, 3.05) is 26.3 Å². The summed E-state index contributed by atoms with van der Waals surface area (Å²) in [5, 5.41) is 17.6. The monoisotopic (exact) mass is 217 g/mol. The van der Waals surface area contributed by atoms with E-state index in [-0.39, 0.29) is 12.5 Å². The molecule has 0 saturated carbocycles. The van der Waals surface area contributed by atoms with E-state index in [9.17, 15) is 14.7 Å². The number of carbonyl (C=O) groups is 2. The first-order valence-corrected chi connectivity index (χ1v) is 4.85. The molecule has 2 N–H and O–H groups in total. The number of aliphatic hydroxyl groups excluding tert-OH is 1. The van der Waals surface area contributed by atoms with E-state index in [1.54, 1.807) is 0 Å². The quantitative estimate of drug-likeness (QED) is 0.635. The molecule has 1 heterocycles. The number of carboxylic acids is 1. The molecule has 0 aliphatic carbocycles. The summed E-state index contributed by atoms with van der Waals surface area (Å²) in [5.74, 6) is -1.36. The smallest absolute Gasteiger partial charge is 0.329 e. The van der Waals surface area contributed by atoms with Gasteiger partial charge in [0.15, 0.2) is 0 Å². The molecule has 0 spiro atoms. The number of carbonyl (C=O) groups excluding carboxylic acids is 1. The number of β-amino-alcohol motifs (C(OH)–C–C–N with tert-alkyl or cyclic N) is 1. The molecule has 0 aromatic carbocycles.